The first-order chi connectivity index (χ1) is 9.40. The van der Waals surface area contributed by atoms with E-state index in [2.05, 4.69) is 0 Å². The average molecular weight is 280 g/mol. The van der Waals surface area contributed by atoms with Gasteiger partial charge < -0.3 is 14.9 Å². The van der Waals surface area contributed by atoms with Crippen molar-refractivity contribution in [1.29, 1.82) is 0 Å². The Hall–Kier alpha value is -2.04. The molecule has 1 aromatic carbocycles. The molecule has 0 spiro atoms. The van der Waals surface area contributed by atoms with E-state index in [9.17, 15) is 14.7 Å². The molecule has 0 radical (unpaired) electrons. The Morgan fingerprint density at radius 3 is 2.55 bits per heavy atom. The lowest BCUT2D eigenvalue weighted by atomic mass is 10.0. The minimum atomic E-state index is -0.934. The SMILES string of the molecule is CC(C)COc1ccc(O)c(C(=O)CCCC(=O)O)c1. The second-order valence-electron chi connectivity index (χ2n) is 5.05. The number of rotatable bonds is 8. The zero-order chi connectivity index (χ0) is 15.1. The Morgan fingerprint density at radius 2 is 1.95 bits per heavy atom. The van der Waals surface area contributed by atoms with Gasteiger partial charge >= 0.3 is 5.97 Å². The quantitative estimate of drug-likeness (QED) is 0.715. The number of carboxylic acid groups (broad SMARTS) is 1. The maximum absolute atomic E-state index is 11.9. The van der Waals surface area contributed by atoms with E-state index in [0.29, 0.717) is 18.3 Å². The number of ketones is 1. The summed E-state index contributed by atoms with van der Waals surface area (Å²) in [6, 6.07) is 4.52. The van der Waals surface area contributed by atoms with Crippen molar-refractivity contribution in [2.45, 2.75) is 33.1 Å². The van der Waals surface area contributed by atoms with Crippen molar-refractivity contribution in [2.24, 2.45) is 5.92 Å². The van der Waals surface area contributed by atoms with Crippen LogP contribution in [0.15, 0.2) is 18.2 Å². The van der Waals surface area contributed by atoms with Crippen molar-refractivity contribution in [3.63, 3.8) is 0 Å². The molecular weight excluding hydrogens is 260 g/mol. The zero-order valence-corrected chi connectivity index (χ0v) is 11.8. The van der Waals surface area contributed by atoms with E-state index in [1.54, 1.807) is 6.07 Å². The van der Waals surface area contributed by atoms with Gasteiger partial charge in [-0.2, -0.15) is 0 Å². The van der Waals surface area contributed by atoms with E-state index < -0.39 is 5.97 Å². The van der Waals surface area contributed by atoms with Gasteiger partial charge in [0.15, 0.2) is 5.78 Å². The predicted octanol–water partition coefficient (Wildman–Crippen LogP) is 2.86. The van der Waals surface area contributed by atoms with Crippen molar-refractivity contribution in [1.82, 2.24) is 0 Å². The fourth-order valence-corrected chi connectivity index (χ4v) is 1.63. The fraction of sp³-hybridized carbons (Fsp3) is 0.467. The van der Waals surface area contributed by atoms with Gasteiger partial charge in [0, 0.05) is 12.8 Å². The summed E-state index contributed by atoms with van der Waals surface area (Å²) in [5, 5.41) is 18.2. The lowest BCUT2D eigenvalue weighted by Crippen LogP contribution is -2.06. The summed E-state index contributed by atoms with van der Waals surface area (Å²) in [4.78, 5) is 22.3. The second-order valence-corrected chi connectivity index (χ2v) is 5.05. The fourth-order valence-electron chi connectivity index (χ4n) is 1.63. The molecule has 0 atom stereocenters. The summed E-state index contributed by atoms with van der Waals surface area (Å²) >= 11 is 0. The van der Waals surface area contributed by atoms with Crippen LogP contribution in [0.1, 0.15) is 43.5 Å². The molecule has 0 bridgehead atoms. The van der Waals surface area contributed by atoms with Crippen LogP contribution in [0.25, 0.3) is 0 Å². The Balaban J connectivity index is 2.69. The van der Waals surface area contributed by atoms with Crippen molar-refractivity contribution < 1.29 is 24.5 Å². The lowest BCUT2D eigenvalue weighted by molar-refractivity contribution is -0.137. The third kappa shape index (κ3) is 5.30. The number of hydrogen-bond acceptors (Lipinski definition) is 4. The number of ether oxygens (including phenoxy) is 1. The Labute approximate surface area is 118 Å². The minimum absolute atomic E-state index is 0.0595. The predicted molar refractivity (Wildman–Crippen MR) is 74.3 cm³/mol. The molecule has 0 saturated carbocycles. The molecule has 0 aliphatic carbocycles. The maximum atomic E-state index is 11.9. The zero-order valence-electron chi connectivity index (χ0n) is 11.8. The first kappa shape index (κ1) is 16.0. The third-order valence-electron chi connectivity index (χ3n) is 2.65. The van der Waals surface area contributed by atoms with Crippen LogP contribution < -0.4 is 4.74 Å². The number of phenolic OH excluding ortho intramolecular Hbond substituents is 1. The van der Waals surface area contributed by atoms with E-state index in [-0.39, 0.29) is 36.4 Å². The number of carbonyl (C=O) groups is 2. The van der Waals surface area contributed by atoms with Gasteiger partial charge in [-0.05, 0) is 30.5 Å². The molecule has 5 nitrogen and oxygen atoms in total. The van der Waals surface area contributed by atoms with E-state index in [0.717, 1.165) is 0 Å². The summed E-state index contributed by atoms with van der Waals surface area (Å²) in [5.41, 5.74) is 0.177. The van der Waals surface area contributed by atoms with Gasteiger partial charge in [-0.3, -0.25) is 9.59 Å². The summed E-state index contributed by atoms with van der Waals surface area (Å²) in [7, 11) is 0. The molecule has 0 heterocycles. The molecule has 0 aromatic heterocycles. The molecule has 110 valence electrons. The van der Waals surface area contributed by atoms with Crippen LogP contribution in [-0.2, 0) is 4.79 Å². The average Bonchev–Trinajstić information content (AvgIpc) is 2.37. The van der Waals surface area contributed by atoms with Gasteiger partial charge in [0.2, 0.25) is 0 Å². The van der Waals surface area contributed by atoms with E-state index in [4.69, 9.17) is 9.84 Å². The summed E-state index contributed by atoms with van der Waals surface area (Å²) in [5.74, 6) is -0.436. The van der Waals surface area contributed by atoms with Crippen molar-refractivity contribution in [2.75, 3.05) is 6.61 Å². The second kappa shape index (κ2) is 7.53. The molecule has 0 fully saturated rings. The molecule has 0 saturated heterocycles. The number of hydrogen-bond donors (Lipinski definition) is 2. The van der Waals surface area contributed by atoms with Gasteiger partial charge in [-0.25, -0.2) is 0 Å². The van der Waals surface area contributed by atoms with Crippen LogP contribution >= 0.6 is 0 Å². The number of benzene rings is 1. The lowest BCUT2D eigenvalue weighted by Gasteiger charge is -2.10. The molecule has 0 aliphatic heterocycles. The Morgan fingerprint density at radius 1 is 1.25 bits per heavy atom. The molecule has 1 aromatic rings. The number of aromatic hydroxyl groups is 1. The molecule has 20 heavy (non-hydrogen) atoms. The van der Waals surface area contributed by atoms with Gasteiger partial charge in [0.25, 0.3) is 0 Å². The molecule has 5 heteroatoms. The van der Waals surface area contributed by atoms with Crippen LogP contribution in [0.4, 0.5) is 0 Å². The standard InChI is InChI=1S/C15H20O5/c1-10(2)9-20-11-6-7-14(17)12(8-11)13(16)4-3-5-15(18)19/h6-8,10,17H,3-5,9H2,1-2H3,(H,18,19). The highest BCUT2D eigenvalue weighted by atomic mass is 16.5. The van der Waals surface area contributed by atoms with Crippen LogP contribution in [0.2, 0.25) is 0 Å². The maximum Gasteiger partial charge on any atom is 0.303 e. The van der Waals surface area contributed by atoms with Gasteiger partial charge in [0.05, 0.1) is 12.2 Å². The van der Waals surface area contributed by atoms with Crippen molar-refractivity contribution in [3.05, 3.63) is 23.8 Å². The molecular formula is C15H20O5. The first-order valence-electron chi connectivity index (χ1n) is 6.61. The monoisotopic (exact) mass is 280 g/mol. The number of aliphatic carboxylic acids is 1. The first-order valence-corrected chi connectivity index (χ1v) is 6.61. The van der Waals surface area contributed by atoms with Gasteiger partial charge in [0.1, 0.15) is 11.5 Å². The Kier molecular flexibility index (Phi) is 6.03. The Bertz CT molecular complexity index is 479. The highest BCUT2D eigenvalue weighted by molar-refractivity contribution is 5.99. The minimum Gasteiger partial charge on any atom is -0.507 e. The highest BCUT2D eigenvalue weighted by Crippen LogP contribution is 2.25. The van der Waals surface area contributed by atoms with Crippen LogP contribution in [0.5, 0.6) is 11.5 Å². The van der Waals surface area contributed by atoms with Crippen molar-refractivity contribution >= 4 is 11.8 Å². The largest absolute Gasteiger partial charge is 0.507 e. The van der Waals surface area contributed by atoms with Crippen LogP contribution in [0.3, 0.4) is 0 Å². The number of Topliss-reactive ketones (excluding diaryl/α,β-unsaturated/α-hetero) is 1. The van der Waals surface area contributed by atoms with E-state index in [1.807, 2.05) is 13.8 Å². The van der Waals surface area contributed by atoms with Crippen LogP contribution in [-0.4, -0.2) is 28.6 Å². The molecule has 0 unspecified atom stereocenters. The molecule has 2 N–H and O–H groups in total. The summed E-state index contributed by atoms with van der Waals surface area (Å²) < 4.78 is 5.50. The summed E-state index contributed by atoms with van der Waals surface area (Å²) in [6.45, 7) is 4.55. The number of carboxylic acids is 1. The normalized spacial score (nSPS) is 10.6. The molecule has 1 rings (SSSR count). The number of phenols is 1. The molecule has 0 amide bonds. The topological polar surface area (TPSA) is 83.8 Å². The number of carbonyl (C=O) groups excluding carboxylic acids is 1. The third-order valence-corrected chi connectivity index (χ3v) is 2.65. The summed E-state index contributed by atoms with van der Waals surface area (Å²) in [6.07, 6.45) is 0.286. The van der Waals surface area contributed by atoms with Crippen molar-refractivity contribution in [3.8, 4) is 11.5 Å². The smallest absolute Gasteiger partial charge is 0.303 e. The van der Waals surface area contributed by atoms with E-state index in [1.165, 1.54) is 12.1 Å². The van der Waals surface area contributed by atoms with Gasteiger partial charge in [-0.1, -0.05) is 13.8 Å². The van der Waals surface area contributed by atoms with Crippen LogP contribution in [0, 0.1) is 5.92 Å². The van der Waals surface area contributed by atoms with Gasteiger partial charge in [-0.15, -0.1) is 0 Å². The highest BCUT2D eigenvalue weighted by Gasteiger charge is 2.13. The molecule has 0 aliphatic rings. The van der Waals surface area contributed by atoms with E-state index >= 15 is 0 Å².